The van der Waals surface area contributed by atoms with Crippen LogP contribution in [0.2, 0.25) is 0 Å². The van der Waals surface area contributed by atoms with E-state index in [0.717, 1.165) is 28.6 Å². The first kappa shape index (κ1) is 16.3. The van der Waals surface area contributed by atoms with Crippen LogP contribution in [0.5, 0.6) is 5.75 Å². The molecule has 1 aromatic rings. The van der Waals surface area contributed by atoms with Gasteiger partial charge in [0.25, 0.3) is 0 Å². The van der Waals surface area contributed by atoms with E-state index in [4.69, 9.17) is 10.5 Å². The maximum Gasteiger partial charge on any atom is 0.239 e. The first-order valence-corrected chi connectivity index (χ1v) is 8.30. The van der Waals surface area contributed by atoms with E-state index in [2.05, 4.69) is 21.2 Å². The number of methoxy groups -OCH3 is 1. The lowest BCUT2D eigenvalue weighted by atomic mass is 10.0. The molecule has 1 aliphatic carbocycles. The van der Waals surface area contributed by atoms with Crippen LogP contribution in [-0.4, -0.2) is 19.1 Å². The molecular formula is C16H23BrN2O2. The third kappa shape index (κ3) is 4.45. The van der Waals surface area contributed by atoms with Crippen LogP contribution in [0.15, 0.2) is 22.7 Å². The van der Waals surface area contributed by atoms with Crippen LogP contribution in [0.4, 0.5) is 0 Å². The smallest absolute Gasteiger partial charge is 0.239 e. The molecule has 1 amide bonds. The number of hydrogen-bond acceptors (Lipinski definition) is 3. The Morgan fingerprint density at radius 2 is 2.00 bits per heavy atom. The molecular weight excluding hydrogens is 332 g/mol. The van der Waals surface area contributed by atoms with Gasteiger partial charge in [0.05, 0.1) is 11.6 Å². The van der Waals surface area contributed by atoms with Crippen LogP contribution < -0.4 is 15.8 Å². The Morgan fingerprint density at radius 3 is 2.52 bits per heavy atom. The van der Waals surface area contributed by atoms with Crippen molar-refractivity contribution in [2.24, 2.45) is 5.73 Å². The summed E-state index contributed by atoms with van der Waals surface area (Å²) in [5.41, 5.74) is 6.47. The highest BCUT2D eigenvalue weighted by Gasteiger charge is 2.23. The minimum atomic E-state index is -0.449. The fraction of sp³-hybridized carbons (Fsp3) is 0.562. The van der Waals surface area contributed by atoms with E-state index in [1.165, 1.54) is 25.7 Å². The van der Waals surface area contributed by atoms with Crippen LogP contribution in [0.3, 0.4) is 0 Å². The number of carbonyl (C=O) groups excluding carboxylic acids is 1. The second kappa shape index (κ2) is 7.80. The number of carbonyl (C=O) groups is 1. The lowest BCUT2D eigenvalue weighted by molar-refractivity contribution is -0.120. The maximum absolute atomic E-state index is 11.8. The monoisotopic (exact) mass is 354 g/mol. The van der Waals surface area contributed by atoms with Gasteiger partial charge in [-0.1, -0.05) is 31.7 Å². The van der Waals surface area contributed by atoms with E-state index >= 15 is 0 Å². The molecule has 1 aromatic carbocycles. The van der Waals surface area contributed by atoms with Crippen molar-refractivity contribution >= 4 is 21.8 Å². The van der Waals surface area contributed by atoms with Gasteiger partial charge < -0.3 is 10.5 Å². The van der Waals surface area contributed by atoms with Crippen LogP contribution >= 0.6 is 15.9 Å². The fourth-order valence-electron chi connectivity index (χ4n) is 2.89. The van der Waals surface area contributed by atoms with Crippen molar-refractivity contribution in [3.63, 3.8) is 0 Å². The summed E-state index contributed by atoms with van der Waals surface area (Å²) in [6, 6.07) is 5.56. The second-order valence-electron chi connectivity index (χ2n) is 5.58. The van der Waals surface area contributed by atoms with Crippen LogP contribution in [0.1, 0.15) is 50.1 Å². The standard InChI is InChI=1S/C16H23BrN2O2/c1-21-14-9-8-11(10-13(14)17)15(16(18)20)19-12-6-4-2-3-5-7-12/h8-10,12,15,19H,2-7H2,1H3,(H2,18,20). The Kier molecular flexibility index (Phi) is 6.06. The average Bonchev–Trinajstić information content (AvgIpc) is 2.73. The Bertz CT molecular complexity index is 485. The SMILES string of the molecule is COc1ccc(C(NC2CCCCCC2)C(N)=O)cc1Br. The van der Waals surface area contributed by atoms with E-state index in [9.17, 15) is 4.79 Å². The van der Waals surface area contributed by atoms with Crippen molar-refractivity contribution in [2.75, 3.05) is 7.11 Å². The van der Waals surface area contributed by atoms with Gasteiger partial charge in [-0.05, 0) is 46.5 Å². The largest absolute Gasteiger partial charge is 0.496 e. The Hall–Kier alpha value is -1.07. The maximum atomic E-state index is 11.8. The highest BCUT2D eigenvalue weighted by Crippen LogP contribution is 2.29. The normalized spacial score (nSPS) is 18.0. The zero-order valence-corrected chi connectivity index (χ0v) is 14.0. The van der Waals surface area contributed by atoms with Gasteiger partial charge >= 0.3 is 0 Å². The van der Waals surface area contributed by atoms with Crippen molar-refractivity contribution in [1.82, 2.24) is 5.32 Å². The van der Waals surface area contributed by atoms with E-state index < -0.39 is 6.04 Å². The van der Waals surface area contributed by atoms with Crippen molar-refractivity contribution in [3.8, 4) is 5.75 Å². The van der Waals surface area contributed by atoms with Gasteiger partial charge in [0.2, 0.25) is 5.91 Å². The van der Waals surface area contributed by atoms with E-state index in [1.807, 2.05) is 18.2 Å². The third-order valence-electron chi connectivity index (χ3n) is 4.05. The van der Waals surface area contributed by atoms with Gasteiger partial charge in [0, 0.05) is 6.04 Å². The Morgan fingerprint density at radius 1 is 1.33 bits per heavy atom. The first-order valence-electron chi connectivity index (χ1n) is 7.50. The van der Waals surface area contributed by atoms with Crippen LogP contribution in [0.25, 0.3) is 0 Å². The van der Waals surface area contributed by atoms with Gasteiger partial charge in [-0.25, -0.2) is 0 Å². The van der Waals surface area contributed by atoms with E-state index in [0.29, 0.717) is 6.04 Å². The van der Waals surface area contributed by atoms with Gasteiger partial charge in [-0.15, -0.1) is 0 Å². The van der Waals surface area contributed by atoms with Crippen LogP contribution in [-0.2, 0) is 4.79 Å². The summed E-state index contributed by atoms with van der Waals surface area (Å²) >= 11 is 3.46. The quantitative estimate of drug-likeness (QED) is 0.797. The van der Waals surface area contributed by atoms with Gasteiger partial charge in [-0.2, -0.15) is 0 Å². The van der Waals surface area contributed by atoms with Gasteiger partial charge in [0.15, 0.2) is 0 Å². The summed E-state index contributed by atoms with van der Waals surface area (Å²) < 4.78 is 6.05. The summed E-state index contributed by atoms with van der Waals surface area (Å²) in [5.74, 6) is 0.410. The van der Waals surface area contributed by atoms with Crippen molar-refractivity contribution in [3.05, 3.63) is 28.2 Å². The molecule has 1 atom stereocenters. The molecule has 4 nitrogen and oxygen atoms in total. The first-order chi connectivity index (χ1) is 10.1. The molecule has 1 fully saturated rings. The van der Waals surface area contributed by atoms with Crippen molar-refractivity contribution < 1.29 is 9.53 Å². The molecule has 5 heteroatoms. The molecule has 1 saturated carbocycles. The number of primary amides is 1. The highest BCUT2D eigenvalue weighted by molar-refractivity contribution is 9.10. The average molecular weight is 355 g/mol. The lowest BCUT2D eigenvalue weighted by Gasteiger charge is -2.23. The predicted octanol–water partition coefficient (Wildman–Crippen LogP) is 3.30. The van der Waals surface area contributed by atoms with Gasteiger partial charge in [0.1, 0.15) is 11.8 Å². The zero-order valence-electron chi connectivity index (χ0n) is 12.4. The topological polar surface area (TPSA) is 64.3 Å². The number of benzene rings is 1. The summed E-state index contributed by atoms with van der Waals surface area (Å²) in [5, 5.41) is 3.44. The number of hydrogen-bond donors (Lipinski definition) is 2. The number of amides is 1. The van der Waals surface area contributed by atoms with Crippen molar-refractivity contribution in [1.29, 1.82) is 0 Å². The minimum absolute atomic E-state index is 0.337. The number of ether oxygens (including phenoxy) is 1. The molecule has 0 aromatic heterocycles. The summed E-state index contributed by atoms with van der Waals surface area (Å²) in [6.07, 6.45) is 7.23. The summed E-state index contributed by atoms with van der Waals surface area (Å²) in [7, 11) is 1.62. The molecule has 0 spiro atoms. The molecule has 0 radical (unpaired) electrons. The highest BCUT2D eigenvalue weighted by atomic mass is 79.9. The minimum Gasteiger partial charge on any atom is -0.496 e. The molecule has 21 heavy (non-hydrogen) atoms. The molecule has 1 aliphatic rings. The van der Waals surface area contributed by atoms with Gasteiger partial charge in [-0.3, -0.25) is 10.1 Å². The molecule has 0 aliphatic heterocycles. The molecule has 116 valence electrons. The molecule has 0 saturated heterocycles. The molecule has 0 heterocycles. The summed E-state index contributed by atoms with van der Waals surface area (Å²) in [6.45, 7) is 0. The number of rotatable bonds is 5. The summed E-state index contributed by atoms with van der Waals surface area (Å²) in [4.78, 5) is 11.8. The Balaban J connectivity index is 2.14. The third-order valence-corrected chi connectivity index (χ3v) is 4.67. The van der Waals surface area contributed by atoms with E-state index in [-0.39, 0.29) is 5.91 Å². The zero-order chi connectivity index (χ0) is 15.2. The molecule has 2 rings (SSSR count). The predicted molar refractivity (Wildman–Crippen MR) is 87.3 cm³/mol. The second-order valence-corrected chi connectivity index (χ2v) is 6.44. The number of halogens is 1. The lowest BCUT2D eigenvalue weighted by Crippen LogP contribution is -2.39. The molecule has 1 unspecified atom stereocenters. The van der Waals surface area contributed by atoms with Crippen LogP contribution in [0, 0.1) is 0 Å². The fourth-order valence-corrected chi connectivity index (χ4v) is 3.44. The number of nitrogens with one attached hydrogen (secondary N) is 1. The number of nitrogens with two attached hydrogens (primary N) is 1. The van der Waals surface area contributed by atoms with Crippen molar-refractivity contribution in [2.45, 2.75) is 50.6 Å². The van der Waals surface area contributed by atoms with E-state index in [1.54, 1.807) is 7.11 Å². The Labute approximate surface area is 134 Å². The molecule has 0 bridgehead atoms. The molecule has 3 N–H and O–H groups in total.